The second-order valence-electron chi connectivity index (χ2n) is 14.7. The highest BCUT2D eigenvalue weighted by atomic mass is 19.1. The van der Waals surface area contributed by atoms with Crippen molar-refractivity contribution >= 4 is 22.6 Å². The summed E-state index contributed by atoms with van der Waals surface area (Å²) in [5, 5.41) is 15.6. The summed E-state index contributed by atoms with van der Waals surface area (Å²) in [5.41, 5.74) is 3.61. The zero-order chi connectivity index (χ0) is 32.0. The highest BCUT2D eigenvalue weighted by Crippen LogP contribution is 2.46. The number of carbonyl (C=O) groups is 2. The molecule has 1 saturated carbocycles. The Morgan fingerprint density at radius 3 is 2.60 bits per heavy atom. The van der Waals surface area contributed by atoms with Gasteiger partial charge in [0, 0.05) is 41.2 Å². The molecule has 3 aromatic rings. The predicted octanol–water partition coefficient (Wildman–Crippen LogP) is 5.32. The standard InChI is InChI=1S/C36H42FN3O5/c1-6-36(44)23-15-27-31-22(17-40(27)34(43)21(23)10-12-28(36)41)30-25(11-9-20-18(2)24(37)16-26(38-31)29(20)30)39-33(42)32(19-7-8-19)45-14-13-35(3,4)5/h15-16,19,25,32,44H,6-14,17H2,1-5H3,(H,39,42)/t25-,32?,36-/m0/s1. The molecule has 0 radical (unpaired) electrons. The van der Waals surface area contributed by atoms with Crippen molar-refractivity contribution in [3.05, 3.63) is 61.7 Å². The topological polar surface area (TPSA) is 111 Å². The van der Waals surface area contributed by atoms with E-state index in [2.05, 4.69) is 26.1 Å². The van der Waals surface area contributed by atoms with Crippen molar-refractivity contribution in [1.29, 1.82) is 0 Å². The summed E-state index contributed by atoms with van der Waals surface area (Å²) in [7, 11) is 0. The number of carbonyl (C=O) groups excluding carboxylic acids is 2. The van der Waals surface area contributed by atoms with Gasteiger partial charge < -0.3 is 19.7 Å². The van der Waals surface area contributed by atoms with Gasteiger partial charge >= 0.3 is 0 Å². The van der Waals surface area contributed by atoms with Crippen LogP contribution in [0, 0.1) is 24.1 Å². The van der Waals surface area contributed by atoms with Crippen LogP contribution >= 0.6 is 0 Å². The number of benzene rings is 1. The Morgan fingerprint density at radius 2 is 1.91 bits per heavy atom. The normalized spacial score (nSPS) is 22.6. The summed E-state index contributed by atoms with van der Waals surface area (Å²) in [4.78, 5) is 45.6. The molecule has 0 saturated heterocycles. The minimum absolute atomic E-state index is 0.0976. The van der Waals surface area contributed by atoms with E-state index in [1.165, 1.54) is 6.07 Å². The van der Waals surface area contributed by atoms with E-state index < -0.39 is 11.7 Å². The van der Waals surface area contributed by atoms with Gasteiger partial charge in [-0.25, -0.2) is 9.37 Å². The number of nitrogens with zero attached hydrogens (tertiary/aromatic N) is 2. The number of ketones is 1. The maximum Gasteiger partial charge on any atom is 0.254 e. The summed E-state index contributed by atoms with van der Waals surface area (Å²) in [5.74, 6) is -0.561. The maximum atomic E-state index is 15.2. The molecule has 3 atom stereocenters. The van der Waals surface area contributed by atoms with E-state index in [4.69, 9.17) is 9.72 Å². The average Bonchev–Trinajstić information content (AvgIpc) is 3.76. The highest BCUT2D eigenvalue weighted by molar-refractivity contribution is 5.95. The third-order valence-electron chi connectivity index (χ3n) is 10.5. The third kappa shape index (κ3) is 4.85. The molecule has 238 valence electrons. The number of hydrogen-bond donors (Lipinski definition) is 2. The van der Waals surface area contributed by atoms with Gasteiger partial charge in [-0.2, -0.15) is 0 Å². The molecule has 3 heterocycles. The molecule has 2 N–H and O–H groups in total. The molecule has 1 aliphatic heterocycles. The van der Waals surface area contributed by atoms with Gasteiger partial charge in [0.2, 0.25) is 5.91 Å². The SMILES string of the molecule is CC[C@@]1(O)C(=O)CCc2c1cc1n(c2=O)Cc2c-1nc1cc(F)c(C)c3c1c2[C@@H](NC(=O)C(OCCC(C)(C)C)C1CC1)CC3. The van der Waals surface area contributed by atoms with Gasteiger partial charge in [-0.05, 0) is 86.0 Å². The molecular weight excluding hydrogens is 573 g/mol. The predicted molar refractivity (Wildman–Crippen MR) is 168 cm³/mol. The summed E-state index contributed by atoms with van der Waals surface area (Å²) < 4.78 is 23.1. The number of fused-ring (bicyclic) bond motifs is 5. The fourth-order valence-corrected chi connectivity index (χ4v) is 7.65. The van der Waals surface area contributed by atoms with E-state index in [0.717, 1.165) is 41.3 Å². The molecule has 0 bridgehead atoms. The number of aliphatic hydroxyl groups is 1. The van der Waals surface area contributed by atoms with Crippen LogP contribution in [0.25, 0.3) is 22.3 Å². The van der Waals surface area contributed by atoms with Crippen LogP contribution in [0.4, 0.5) is 4.39 Å². The molecule has 45 heavy (non-hydrogen) atoms. The average molecular weight is 616 g/mol. The summed E-state index contributed by atoms with van der Waals surface area (Å²) in [6, 6.07) is 2.81. The van der Waals surface area contributed by atoms with E-state index in [1.807, 2.05) is 0 Å². The Morgan fingerprint density at radius 1 is 1.16 bits per heavy atom. The molecule has 1 unspecified atom stereocenters. The molecule has 2 aromatic heterocycles. The van der Waals surface area contributed by atoms with Crippen LogP contribution in [0.5, 0.6) is 0 Å². The Labute approximate surface area is 262 Å². The zero-order valence-corrected chi connectivity index (χ0v) is 26.8. The summed E-state index contributed by atoms with van der Waals surface area (Å²) in [6.45, 7) is 10.7. The largest absolute Gasteiger partial charge is 0.377 e. The Bertz CT molecular complexity index is 1840. The second-order valence-corrected chi connectivity index (χ2v) is 14.7. The van der Waals surface area contributed by atoms with Crippen LogP contribution in [0.3, 0.4) is 0 Å². The van der Waals surface area contributed by atoms with E-state index in [-0.39, 0.29) is 66.2 Å². The number of nitrogens with one attached hydrogen (secondary N) is 1. The van der Waals surface area contributed by atoms with E-state index in [9.17, 15) is 19.5 Å². The Kier molecular flexibility index (Phi) is 7.09. The number of aryl methyl sites for hydroxylation is 1. The minimum atomic E-state index is -1.73. The Hall–Kier alpha value is -3.43. The van der Waals surface area contributed by atoms with Gasteiger partial charge in [-0.1, -0.05) is 27.7 Å². The molecular formula is C36H42FN3O5. The van der Waals surface area contributed by atoms with Gasteiger partial charge in [0.05, 0.1) is 29.5 Å². The first kappa shape index (κ1) is 30.2. The molecule has 8 nitrogen and oxygen atoms in total. The van der Waals surface area contributed by atoms with E-state index in [0.29, 0.717) is 53.0 Å². The van der Waals surface area contributed by atoms with Crippen molar-refractivity contribution < 1.29 is 23.8 Å². The van der Waals surface area contributed by atoms with Crippen LogP contribution in [0.15, 0.2) is 16.9 Å². The van der Waals surface area contributed by atoms with Gasteiger partial charge in [0.1, 0.15) is 17.5 Å². The molecule has 9 heteroatoms. The van der Waals surface area contributed by atoms with E-state index in [1.54, 1.807) is 24.5 Å². The van der Waals surface area contributed by atoms with Crippen molar-refractivity contribution in [2.24, 2.45) is 11.3 Å². The lowest BCUT2D eigenvalue weighted by atomic mass is 9.77. The first-order valence-corrected chi connectivity index (χ1v) is 16.4. The molecule has 1 amide bonds. The van der Waals surface area contributed by atoms with Crippen molar-refractivity contribution in [2.45, 2.75) is 110 Å². The third-order valence-corrected chi connectivity index (χ3v) is 10.5. The van der Waals surface area contributed by atoms with Crippen LogP contribution in [0.1, 0.15) is 106 Å². The number of halogens is 1. The van der Waals surface area contributed by atoms with Crippen LogP contribution in [-0.4, -0.2) is 39.1 Å². The van der Waals surface area contributed by atoms with Crippen molar-refractivity contribution in [2.75, 3.05) is 6.61 Å². The number of ether oxygens (including phenoxy) is 1. The lowest BCUT2D eigenvalue weighted by molar-refractivity contribution is -0.140. The molecule has 0 spiro atoms. The van der Waals surface area contributed by atoms with Crippen molar-refractivity contribution in [3.63, 3.8) is 0 Å². The molecule has 4 aliphatic rings. The number of aromatic nitrogens is 2. The monoisotopic (exact) mass is 615 g/mol. The number of pyridine rings is 2. The Balaban J connectivity index is 1.34. The number of hydrogen-bond acceptors (Lipinski definition) is 6. The lowest BCUT2D eigenvalue weighted by Gasteiger charge is -2.32. The van der Waals surface area contributed by atoms with Gasteiger partial charge in [0.25, 0.3) is 5.56 Å². The maximum absolute atomic E-state index is 15.2. The number of rotatable bonds is 7. The quantitative estimate of drug-likeness (QED) is 0.291. The highest BCUT2D eigenvalue weighted by Gasteiger charge is 2.44. The fraction of sp³-hybridized carbons (Fsp3) is 0.556. The molecule has 7 rings (SSSR count). The van der Waals surface area contributed by atoms with Gasteiger partial charge in [-0.15, -0.1) is 0 Å². The molecule has 1 fully saturated rings. The van der Waals surface area contributed by atoms with Crippen LogP contribution in [0.2, 0.25) is 0 Å². The molecule has 1 aromatic carbocycles. The molecule has 3 aliphatic carbocycles. The fourth-order valence-electron chi connectivity index (χ4n) is 7.65. The smallest absolute Gasteiger partial charge is 0.254 e. The number of Topliss-reactive ketones (excluding diaryl/α,β-unsaturated/α-hetero) is 1. The number of amides is 1. The van der Waals surface area contributed by atoms with Crippen molar-refractivity contribution in [3.8, 4) is 11.4 Å². The van der Waals surface area contributed by atoms with Crippen molar-refractivity contribution in [1.82, 2.24) is 14.9 Å². The van der Waals surface area contributed by atoms with Crippen LogP contribution in [-0.2, 0) is 39.3 Å². The minimum Gasteiger partial charge on any atom is -0.377 e. The van der Waals surface area contributed by atoms with Crippen LogP contribution < -0.4 is 10.9 Å². The summed E-state index contributed by atoms with van der Waals surface area (Å²) in [6.07, 6.45) is 3.97. The summed E-state index contributed by atoms with van der Waals surface area (Å²) >= 11 is 0. The van der Waals surface area contributed by atoms with Gasteiger partial charge in [0.15, 0.2) is 5.78 Å². The first-order valence-electron chi connectivity index (χ1n) is 16.4. The van der Waals surface area contributed by atoms with Gasteiger partial charge in [-0.3, -0.25) is 14.4 Å². The second kappa shape index (κ2) is 10.6. The zero-order valence-electron chi connectivity index (χ0n) is 26.8. The lowest BCUT2D eigenvalue weighted by Crippen LogP contribution is -2.43. The van der Waals surface area contributed by atoms with E-state index >= 15 is 4.39 Å². The first-order chi connectivity index (χ1) is 21.3.